The van der Waals surface area contributed by atoms with Gasteiger partial charge in [0, 0.05) is 25.2 Å². The van der Waals surface area contributed by atoms with Gasteiger partial charge >= 0.3 is 0 Å². The van der Waals surface area contributed by atoms with E-state index < -0.39 is 0 Å². The molecule has 1 amide bonds. The molecule has 132 valence electrons. The Morgan fingerprint density at radius 2 is 1.56 bits per heavy atom. The third-order valence-corrected chi connectivity index (χ3v) is 4.64. The van der Waals surface area contributed by atoms with E-state index in [0.717, 1.165) is 44.0 Å². The number of carbonyl (C=O) groups is 1. The first-order valence-corrected chi connectivity index (χ1v) is 8.86. The number of hydrogen-bond donors (Lipinski definition) is 1. The van der Waals surface area contributed by atoms with Gasteiger partial charge in [-0.25, -0.2) is 0 Å². The highest BCUT2D eigenvalue weighted by atomic mass is 16.5. The Labute approximate surface area is 149 Å². The lowest BCUT2D eigenvalue weighted by Crippen LogP contribution is -2.43. The van der Waals surface area contributed by atoms with Gasteiger partial charge in [0.05, 0.1) is 19.3 Å². The molecule has 2 aromatic rings. The molecule has 0 spiro atoms. The summed E-state index contributed by atoms with van der Waals surface area (Å²) >= 11 is 0. The topological polar surface area (TPSA) is 41.6 Å². The summed E-state index contributed by atoms with van der Waals surface area (Å²) in [5.41, 5.74) is 4.21. The molecule has 0 unspecified atom stereocenters. The van der Waals surface area contributed by atoms with Gasteiger partial charge in [0.2, 0.25) is 0 Å². The second-order valence-corrected chi connectivity index (χ2v) is 6.72. The first-order chi connectivity index (χ1) is 12.1. The monoisotopic (exact) mass is 338 g/mol. The van der Waals surface area contributed by atoms with Gasteiger partial charge in [-0.3, -0.25) is 9.69 Å². The fourth-order valence-corrected chi connectivity index (χ4v) is 3.02. The van der Waals surface area contributed by atoms with E-state index >= 15 is 0 Å². The number of amides is 1. The second-order valence-electron chi connectivity index (χ2n) is 6.72. The molecule has 1 aliphatic heterocycles. The highest BCUT2D eigenvalue weighted by Gasteiger charge is 2.20. The maximum Gasteiger partial charge on any atom is 0.251 e. The molecule has 3 rings (SSSR count). The number of aryl methyl sites for hydroxylation is 2. The largest absolute Gasteiger partial charge is 0.379 e. The van der Waals surface area contributed by atoms with Crippen LogP contribution in [-0.4, -0.2) is 43.7 Å². The molecule has 0 aliphatic carbocycles. The van der Waals surface area contributed by atoms with Crippen molar-refractivity contribution >= 4 is 5.91 Å². The summed E-state index contributed by atoms with van der Waals surface area (Å²) in [4.78, 5) is 15.0. The Kier molecular flexibility index (Phi) is 5.84. The summed E-state index contributed by atoms with van der Waals surface area (Å²) in [6.45, 7) is 8.22. The molecular weight excluding hydrogens is 312 g/mol. The molecule has 1 saturated heterocycles. The summed E-state index contributed by atoms with van der Waals surface area (Å²) < 4.78 is 5.44. The average molecular weight is 338 g/mol. The van der Waals surface area contributed by atoms with E-state index in [1.807, 2.05) is 31.2 Å². The van der Waals surface area contributed by atoms with Crippen LogP contribution in [0, 0.1) is 13.8 Å². The third kappa shape index (κ3) is 4.91. The highest BCUT2D eigenvalue weighted by Crippen LogP contribution is 2.17. The van der Waals surface area contributed by atoms with Crippen molar-refractivity contribution in [3.05, 3.63) is 70.8 Å². The lowest BCUT2D eigenvalue weighted by molar-refractivity contribution is 0.0332. The summed E-state index contributed by atoms with van der Waals surface area (Å²) in [5, 5.41) is 3.21. The standard InChI is InChI=1S/C21H26N2O2/c1-16-3-7-18(8-4-16)20(15-23-11-13-25-14-12-23)22-21(24)19-9-5-17(2)6-10-19/h3-10,20H,11-15H2,1-2H3,(H,22,24)/t20-/m1/s1. The molecule has 0 saturated carbocycles. The van der Waals surface area contributed by atoms with Gasteiger partial charge < -0.3 is 10.1 Å². The van der Waals surface area contributed by atoms with Crippen molar-refractivity contribution in [2.45, 2.75) is 19.9 Å². The summed E-state index contributed by atoms with van der Waals surface area (Å²) in [6, 6.07) is 16.1. The van der Waals surface area contributed by atoms with Crippen LogP contribution >= 0.6 is 0 Å². The van der Waals surface area contributed by atoms with Gasteiger partial charge in [-0.1, -0.05) is 47.5 Å². The van der Waals surface area contributed by atoms with E-state index in [1.54, 1.807) is 0 Å². The minimum atomic E-state index is -0.0347. The number of nitrogens with zero attached hydrogens (tertiary/aromatic N) is 1. The molecule has 2 aromatic carbocycles. The Hall–Kier alpha value is -2.17. The molecule has 1 fully saturated rings. The number of rotatable bonds is 5. The predicted molar refractivity (Wildman–Crippen MR) is 99.8 cm³/mol. The van der Waals surface area contributed by atoms with Crippen molar-refractivity contribution in [1.29, 1.82) is 0 Å². The number of morpholine rings is 1. The average Bonchev–Trinajstić information content (AvgIpc) is 2.63. The van der Waals surface area contributed by atoms with Crippen LogP contribution in [0.15, 0.2) is 48.5 Å². The Morgan fingerprint density at radius 3 is 2.16 bits per heavy atom. The van der Waals surface area contributed by atoms with Crippen molar-refractivity contribution in [2.24, 2.45) is 0 Å². The smallest absolute Gasteiger partial charge is 0.251 e. The van der Waals surface area contributed by atoms with Crippen LogP contribution in [0.5, 0.6) is 0 Å². The number of hydrogen-bond acceptors (Lipinski definition) is 3. The predicted octanol–water partition coefficient (Wildman–Crippen LogP) is 3.11. The van der Waals surface area contributed by atoms with Crippen LogP contribution < -0.4 is 5.32 Å². The van der Waals surface area contributed by atoms with Crippen LogP contribution in [0.1, 0.15) is 33.1 Å². The van der Waals surface area contributed by atoms with Crippen molar-refractivity contribution < 1.29 is 9.53 Å². The van der Waals surface area contributed by atoms with Crippen LogP contribution in [0.2, 0.25) is 0 Å². The number of benzene rings is 2. The van der Waals surface area contributed by atoms with Gasteiger partial charge in [-0.2, -0.15) is 0 Å². The highest BCUT2D eigenvalue weighted by molar-refractivity contribution is 5.94. The minimum Gasteiger partial charge on any atom is -0.379 e. The quantitative estimate of drug-likeness (QED) is 0.911. The van der Waals surface area contributed by atoms with Crippen molar-refractivity contribution in [3.8, 4) is 0 Å². The van der Waals surface area contributed by atoms with E-state index in [-0.39, 0.29) is 11.9 Å². The summed E-state index contributed by atoms with van der Waals surface area (Å²) in [7, 11) is 0. The molecule has 1 atom stereocenters. The Bertz CT molecular complexity index is 689. The first-order valence-electron chi connectivity index (χ1n) is 8.86. The molecule has 4 nitrogen and oxygen atoms in total. The summed E-state index contributed by atoms with van der Waals surface area (Å²) in [6.07, 6.45) is 0. The third-order valence-electron chi connectivity index (χ3n) is 4.64. The number of ether oxygens (including phenoxy) is 1. The van der Waals surface area contributed by atoms with Crippen LogP contribution in [0.3, 0.4) is 0 Å². The van der Waals surface area contributed by atoms with Gasteiger partial charge in [-0.15, -0.1) is 0 Å². The minimum absolute atomic E-state index is 0.0289. The number of carbonyl (C=O) groups excluding carboxylic acids is 1. The van der Waals surface area contributed by atoms with Crippen LogP contribution in [0.25, 0.3) is 0 Å². The maximum atomic E-state index is 12.7. The Balaban J connectivity index is 1.76. The zero-order valence-electron chi connectivity index (χ0n) is 15.0. The zero-order valence-corrected chi connectivity index (χ0v) is 15.0. The fourth-order valence-electron chi connectivity index (χ4n) is 3.02. The molecule has 25 heavy (non-hydrogen) atoms. The lowest BCUT2D eigenvalue weighted by Gasteiger charge is -2.31. The van der Waals surface area contributed by atoms with Crippen molar-refractivity contribution in [1.82, 2.24) is 10.2 Å². The molecule has 0 aromatic heterocycles. The van der Waals surface area contributed by atoms with E-state index in [9.17, 15) is 4.79 Å². The zero-order chi connectivity index (χ0) is 17.6. The van der Waals surface area contributed by atoms with E-state index in [2.05, 4.69) is 41.4 Å². The molecule has 0 radical (unpaired) electrons. The molecule has 1 N–H and O–H groups in total. The second kappa shape index (κ2) is 8.28. The van der Waals surface area contributed by atoms with E-state index in [1.165, 1.54) is 5.56 Å². The molecular formula is C21H26N2O2. The van der Waals surface area contributed by atoms with Gasteiger partial charge in [0.15, 0.2) is 0 Å². The van der Waals surface area contributed by atoms with Crippen LogP contribution in [0.4, 0.5) is 0 Å². The van der Waals surface area contributed by atoms with Crippen LogP contribution in [-0.2, 0) is 4.74 Å². The van der Waals surface area contributed by atoms with Gasteiger partial charge in [0.25, 0.3) is 5.91 Å². The lowest BCUT2D eigenvalue weighted by atomic mass is 10.0. The Morgan fingerprint density at radius 1 is 1.00 bits per heavy atom. The SMILES string of the molecule is Cc1ccc(C(=O)N[C@H](CN2CCOCC2)c2ccc(C)cc2)cc1. The van der Waals surface area contributed by atoms with E-state index in [4.69, 9.17) is 4.74 Å². The molecule has 0 bridgehead atoms. The van der Waals surface area contributed by atoms with Crippen molar-refractivity contribution in [3.63, 3.8) is 0 Å². The van der Waals surface area contributed by atoms with Crippen molar-refractivity contribution in [2.75, 3.05) is 32.8 Å². The molecule has 1 aliphatic rings. The summed E-state index contributed by atoms with van der Waals surface area (Å²) in [5.74, 6) is -0.0289. The van der Waals surface area contributed by atoms with Gasteiger partial charge in [0.1, 0.15) is 0 Å². The first kappa shape index (κ1) is 17.6. The number of nitrogens with one attached hydrogen (secondary N) is 1. The van der Waals surface area contributed by atoms with Gasteiger partial charge in [-0.05, 0) is 31.5 Å². The maximum absolute atomic E-state index is 12.7. The fraction of sp³-hybridized carbons (Fsp3) is 0.381. The molecule has 1 heterocycles. The normalized spacial score (nSPS) is 16.4. The molecule has 4 heteroatoms. The van der Waals surface area contributed by atoms with E-state index in [0.29, 0.717) is 5.56 Å².